The van der Waals surface area contributed by atoms with Gasteiger partial charge in [0, 0.05) is 28.5 Å². The van der Waals surface area contributed by atoms with Crippen LogP contribution in [0, 0.1) is 0 Å². The standard InChI is InChI=1S/C28H28ClN3O3/c1-19(21-10-4-3-5-11-21)31-26(33)28(2,16-22-17-30-25-14-7-6-13-24(22)25)32-27(34)35-18-20-9-8-12-23(29)15-20/h3-15,17,19,30H,16,18H2,1-2H3,(H,31,33)(H,32,34)/t19-,28+/m0/s1. The van der Waals surface area contributed by atoms with E-state index < -0.39 is 11.6 Å². The molecular weight excluding hydrogens is 462 g/mol. The predicted molar refractivity (Wildman–Crippen MR) is 138 cm³/mol. The van der Waals surface area contributed by atoms with Crippen LogP contribution in [0.25, 0.3) is 10.9 Å². The zero-order valence-electron chi connectivity index (χ0n) is 19.7. The molecule has 180 valence electrons. The lowest BCUT2D eigenvalue weighted by Crippen LogP contribution is -2.58. The van der Waals surface area contributed by atoms with Crippen LogP contribution in [0.5, 0.6) is 0 Å². The third-order valence-corrected chi connectivity index (χ3v) is 6.24. The van der Waals surface area contributed by atoms with Gasteiger partial charge in [0.1, 0.15) is 12.1 Å². The molecule has 35 heavy (non-hydrogen) atoms. The molecule has 0 aliphatic rings. The zero-order chi connectivity index (χ0) is 24.8. The number of ether oxygens (including phenoxy) is 1. The van der Waals surface area contributed by atoms with E-state index in [0.29, 0.717) is 5.02 Å². The minimum atomic E-state index is -1.26. The highest BCUT2D eigenvalue weighted by atomic mass is 35.5. The van der Waals surface area contributed by atoms with Crippen LogP contribution in [0.2, 0.25) is 5.02 Å². The van der Waals surface area contributed by atoms with Crippen LogP contribution in [-0.2, 0) is 22.6 Å². The van der Waals surface area contributed by atoms with E-state index in [1.807, 2.05) is 73.8 Å². The molecule has 0 saturated heterocycles. The number of nitrogens with one attached hydrogen (secondary N) is 3. The highest BCUT2D eigenvalue weighted by molar-refractivity contribution is 6.30. The molecule has 0 spiro atoms. The first-order chi connectivity index (χ1) is 16.8. The van der Waals surface area contributed by atoms with Gasteiger partial charge in [-0.1, -0.05) is 72.3 Å². The van der Waals surface area contributed by atoms with E-state index in [4.69, 9.17) is 16.3 Å². The van der Waals surface area contributed by atoms with Crippen molar-refractivity contribution in [3.05, 3.63) is 107 Å². The molecule has 0 radical (unpaired) electrons. The van der Waals surface area contributed by atoms with Gasteiger partial charge in [0.25, 0.3) is 0 Å². The fourth-order valence-electron chi connectivity index (χ4n) is 4.06. The number of amides is 2. The number of para-hydroxylation sites is 1. The Balaban J connectivity index is 1.54. The second kappa shape index (κ2) is 10.7. The molecule has 6 nitrogen and oxygen atoms in total. The summed E-state index contributed by atoms with van der Waals surface area (Å²) < 4.78 is 5.43. The van der Waals surface area contributed by atoms with Crippen molar-refractivity contribution in [1.29, 1.82) is 0 Å². The van der Waals surface area contributed by atoms with Gasteiger partial charge in [0.2, 0.25) is 5.91 Å². The molecule has 4 aromatic rings. The van der Waals surface area contributed by atoms with Crippen LogP contribution >= 0.6 is 11.6 Å². The molecule has 0 unspecified atom stereocenters. The number of benzene rings is 3. The van der Waals surface area contributed by atoms with Crippen molar-refractivity contribution >= 4 is 34.5 Å². The molecule has 2 amide bonds. The summed E-state index contributed by atoms with van der Waals surface area (Å²) in [6, 6.07) is 24.4. The molecule has 0 aliphatic carbocycles. The summed E-state index contributed by atoms with van der Waals surface area (Å²) in [6.45, 7) is 3.66. The van der Waals surface area contributed by atoms with Gasteiger partial charge < -0.3 is 20.4 Å². The van der Waals surface area contributed by atoms with Crippen LogP contribution in [-0.4, -0.2) is 22.5 Å². The summed E-state index contributed by atoms with van der Waals surface area (Å²) in [6.07, 6.45) is 1.46. The Morgan fingerprint density at radius 1 is 1.03 bits per heavy atom. The van der Waals surface area contributed by atoms with Gasteiger partial charge >= 0.3 is 6.09 Å². The molecule has 4 rings (SSSR count). The van der Waals surface area contributed by atoms with Crippen molar-refractivity contribution in [2.24, 2.45) is 0 Å². The number of hydrogen-bond donors (Lipinski definition) is 3. The number of fused-ring (bicyclic) bond motifs is 1. The van der Waals surface area contributed by atoms with Gasteiger partial charge in [-0.15, -0.1) is 0 Å². The van der Waals surface area contributed by atoms with Crippen LogP contribution < -0.4 is 10.6 Å². The maximum atomic E-state index is 13.6. The van der Waals surface area contributed by atoms with Crippen LogP contribution in [0.1, 0.15) is 36.6 Å². The molecule has 1 aromatic heterocycles. The minimum Gasteiger partial charge on any atom is -0.445 e. The fourth-order valence-corrected chi connectivity index (χ4v) is 4.27. The SMILES string of the molecule is C[C@H](NC(=O)[C@@](C)(Cc1c[nH]c2ccccc12)NC(=O)OCc1cccc(Cl)c1)c1ccccc1. The third kappa shape index (κ3) is 6.03. The maximum absolute atomic E-state index is 13.6. The number of carbonyl (C=O) groups excluding carboxylic acids is 2. The third-order valence-electron chi connectivity index (χ3n) is 6.00. The minimum absolute atomic E-state index is 0.0393. The van der Waals surface area contributed by atoms with Crippen molar-refractivity contribution < 1.29 is 14.3 Å². The number of halogens is 1. The first kappa shape index (κ1) is 24.4. The van der Waals surface area contributed by atoms with Crippen molar-refractivity contribution in [3.8, 4) is 0 Å². The molecule has 7 heteroatoms. The average Bonchev–Trinajstić information content (AvgIpc) is 3.25. The van der Waals surface area contributed by atoms with Gasteiger partial charge in [-0.05, 0) is 48.7 Å². The number of hydrogen-bond acceptors (Lipinski definition) is 3. The summed E-state index contributed by atoms with van der Waals surface area (Å²) >= 11 is 6.02. The molecule has 0 fully saturated rings. The van der Waals surface area contributed by atoms with E-state index in [0.717, 1.165) is 27.6 Å². The maximum Gasteiger partial charge on any atom is 0.408 e. The van der Waals surface area contributed by atoms with Gasteiger partial charge in [-0.25, -0.2) is 4.79 Å². The topological polar surface area (TPSA) is 83.2 Å². The largest absolute Gasteiger partial charge is 0.445 e. The van der Waals surface area contributed by atoms with Crippen LogP contribution in [0.3, 0.4) is 0 Å². The highest BCUT2D eigenvalue weighted by Crippen LogP contribution is 2.24. The second-order valence-corrected chi connectivity index (χ2v) is 9.24. The predicted octanol–water partition coefficient (Wildman–Crippen LogP) is 5.93. The molecule has 0 aliphatic heterocycles. The number of carbonyl (C=O) groups is 2. The Morgan fingerprint density at radius 3 is 2.54 bits per heavy atom. The quantitative estimate of drug-likeness (QED) is 0.287. The van der Waals surface area contributed by atoms with Gasteiger partial charge in [0.05, 0.1) is 6.04 Å². The van der Waals surface area contributed by atoms with Gasteiger partial charge in [0.15, 0.2) is 0 Å². The molecule has 0 saturated carbocycles. The molecule has 0 bridgehead atoms. The van der Waals surface area contributed by atoms with Crippen molar-refractivity contribution in [1.82, 2.24) is 15.6 Å². The molecule has 3 aromatic carbocycles. The number of aromatic nitrogens is 1. The van der Waals surface area contributed by atoms with E-state index >= 15 is 0 Å². The second-order valence-electron chi connectivity index (χ2n) is 8.81. The lowest BCUT2D eigenvalue weighted by Gasteiger charge is -2.31. The van der Waals surface area contributed by atoms with Crippen molar-refractivity contribution in [2.45, 2.75) is 38.5 Å². The normalized spacial score (nSPS) is 13.6. The van der Waals surface area contributed by atoms with Crippen molar-refractivity contribution in [2.75, 3.05) is 0 Å². The van der Waals surface area contributed by atoms with E-state index in [1.165, 1.54) is 0 Å². The van der Waals surface area contributed by atoms with E-state index in [-0.39, 0.29) is 25.0 Å². The Kier molecular flexibility index (Phi) is 7.42. The number of rotatable bonds is 8. The first-order valence-corrected chi connectivity index (χ1v) is 11.8. The summed E-state index contributed by atoms with van der Waals surface area (Å²) in [5, 5.41) is 7.42. The number of H-pyrrole nitrogens is 1. The smallest absolute Gasteiger partial charge is 0.408 e. The lowest BCUT2D eigenvalue weighted by molar-refractivity contribution is -0.127. The zero-order valence-corrected chi connectivity index (χ0v) is 20.4. The number of alkyl carbamates (subject to hydrolysis) is 1. The van der Waals surface area contributed by atoms with E-state index in [1.54, 1.807) is 25.1 Å². The average molecular weight is 490 g/mol. The molecule has 2 atom stereocenters. The van der Waals surface area contributed by atoms with Gasteiger partial charge in [-0.2, -0.15) is 0 Å². The number of aromatic amines is 1. The van der Waals surface area contributed by atoms with Crippen LogP contribution in [0.15, 0.2) is 85.1 Å². The summed E-state index contributed by atoms with van der Waals surface area (Å²) in [4.78, 5) is 29.6. The Bertz CT molecular complexity index is 1320. The Hall–Kier alpha value is -3.77. The molecular formula is C28H28ClN3O3. The Morgan fingerprint density at radius 2 is 1.77 bits per heavy atom. The Labute approximate surface area is 209 Å². The molecule has 3 N–H and O–H groups in total. The summed E-state index contributed by atoms with van der Waals surface area (Å²) in [5.74, 6) is -0.307. The monoisotopic (exact) mass is 489 g/mol. The first-order valence-electron chi connectivity index (χ1n) is 11.4. The highest BCUT2D eigenvalue weighted by Gasteiger charge is 2.37. The van der Waals surface area contributed by atoms with Gasteiger partial charge in [-0.3, -0.25) is 4.79 Å². The lowest BCUT2D eigenvalue weighted by atomic mass is 9.91. The fraction of sp³-hybridized carbons (Fsp3) is 0.214. The summed E-state index contributed by atoms with van der Waals surface area (Å²) in [7, 11) is 0. The van der Waals surface area contributed by atoms with Crippen molar-refractivity contribution in [3.63, 3.8) is 0 Å². The molecule has 1 heterocycles. The summed E-state index contributed by atoms with van der Waals surface area (Å²) in [5.41, 5.74) is 2.35. The van der Waals surface area contributed by atoms with Crippen LogP contribution in [0.4, 0.5) is 4.79 Å². The van der Waals surface area contributed by atoms with E-state index in [9.17, 15) is 9.59 Å². The van der Waals surface area contributed by atoms with E-state index in [2.05, 4.69) is 15.6 Å².